The molecule has 1 fully saturated rings. The number of carbonyl (C=O) groups excluding carboxylic acids is 2. The third kappa shape index (κ3) is 6.05. The largest absolute Gasteiger partial charge is 0.348 e. The summed E-state index contributed by atoms with van der Waals surface area (Å²) in [4.78, 5) is 30.6. The van der Waals surface area contributed by atoms with Crippen molar-refractivity contribution in [3.05, 3.63) is 60.2 Å². The van der Waals surface area contributed by atoms with Crippen molar-refractivity contribution in [1.82, 2.24) is 10.3 Å². The molecule has 0 radical (unpaired) electrons. The smallest absolute Gasteiger partial charge is 0.270 e. The highest BCUT2D eigenvalue weighted by molar-refractivity contribution is 5.94. The summed E-state index contributed by atoms with van der Waals surface area (Å²) in [5.41, 5.74) is 0.663. The van der Waals surface area contributed by atoms with E-state index in [0.717, 1.165) is 0 Å². The molecule has 1 aromatic carbocycles. The van der Waals surface area contributed by atoms with Gasteiger partial charge in [-0.05, 0) is 55.7 Å². The SMILES string of the molecule is O=C(N[C@H]1CCC(=O)N(c2ccc(F)cc2)CCCCC(F)(F)C1)c1ccccn1. The number of hydrogen-bond acceptors (Lipinski definition) is 3. The van der Waals surface area contributed by atoms with E-state index in [9.17, 15) is 22.8 Å². The van der Waals surface area contributed by atoms with Crippen molar-refractivity contribution in [3.8, 4) is 0 Å². The lowest BCUT2D eigenvalue weighted by molar-refractivity contribution is -0.119. The zero-order valence-electron chi connectivity index (χ0n) is 16.5. The maximum Gasteiger partial charge on any atom is 0.270 e. The van der Waals surface area contributed by atoms with E-state index in [1.807, 2.05) is 0 Å². The number of benzene rings is 1. The van der Waals surface area contributed by atoms with Crippen LogP contribution in [0.3, 0.4) is 0 Å². The number of anilines is 1. The molecule has 1 aliphatic rings. The number of hydrogen-bond donors (Lipinski definition) is 1. The summed E-state index contributed by atoms with van der Waals surface area (Å²) in [6.07, 6.45) is 1.29. The van der Waals surface area contributed by atoms with Crippen LogP contribution in [0.4, 0.5) is 18.9 Å². The zero-order chi connectivity index (χ0) is 21.6. The fourth-order valence-electron chi connectivity index (χ4n) is 3.55. The lowest BCUT2D eigenvalue weighted by atomic mass is 9.99. The number of rotatable bonds is 3. The molecule has 0 spiro atoms. The normalized spacial score (nSPS) is 20.3. The topological polar surface area (TPSA) is 62.3 Å². The monoisotopic (exact) mass is 419 g/mol. The lowest BCUT2D eigenvalue weighted by Crippen LogP contribution is -2.40. The maximum absolute atomic E-state index is 14.4. The predicted molar refractivity (Wildman–Crippen MR) is 107 cm³/mol. The van der Waals surface area contributed by atoms with Crippen molar-refractivity contribution in [2.45, 2.75) is 50.5 Å². The molecule has 160 valence electrons. The van der Waals surface area contributed by atoms with Gasteiger partial charge in [-0.25, -0.2) is 13.2 Å². The third-order valence-corrected chi connectivity index (χ3v) is 5.10. The first kappa shape index (κ1) is 21.8. The molecule has 1 aromatic heterocycles. The van der Waals surface area contributed by atoms with Gasteiger partial charge in [0.1, 0.15) is 11.5 Å². The van der Waals surface area contributed by atoms with Crippen LogP contribution in [0.5, 0.6) is 0 Å². The average molecular weight is 419 g/mol. The summed E-state index contributed by atoms with van der Waals surface area (Å²) < 4.78 is 42.1. The van der Waals surface area contributed by atoms with Crippen molar-refractivity contribution >= 4 is 17.5 Å². The Kier molecular flexibility index (Phi) is 7.07. The van der Waals surface area contributed by atoms with Crippen molar-refractivity contribution in [3.63, 3.8) is 0 Å². The van der Waals surface area contributed by atoms with E-state index in [-0.39, 0.29) is 43.8 Å². The highest BCUT2D eigenvalue weighted by Crippen LogP contribution is 2.30. The van der Waals surface area contributed by atoms with Crippen LogP contribution in [-0.4, -0.2) is 35.3 Å². The Morgan fingerprint density at radius 3 is 2.60 bits per heavy atom. The van der Waals surface area contributed by atoms with Crippen molar-refractivity contribution in [2.75, 3.05) is 11.4 Å². The van der Waals surface area contributed by atoms with E-state index < -0.39 is 30.1 Å². The zero-order valence-corrected chi connectivity index (χ0v) is 16.5. The number of nitrogens with one attached hydrogen (secondary N) is 1. The Morgan fingerprint density at radius 1 is 1.13 bits per heavy atom. The van der Waals surface area contributed by atoms with Crippen LogP contribution in [0.1, 0.15) is 49.0 Å². The van der Waals surface area contributed by atoms with Gasteiger partial charge in [-0.2, -0.15) is 0 Å². The number of aromatic nitrogens is 1. The summed E-state index contributed by atoms with van der Waals surface area (Å²) in [6, 6.07) is 9.45. The summed E-state index contributed by atoms with van der Waals surface area (Å²) in [5, 5.41) is 2.61. The van der Waals surface area contributed by atoms with Crippen molar-refractivity contribution < 1.29 is 22.8 Å². The fraction of sp³-hybridized carbons (Fsp3) is 0.409. The van der Waals surface area contributed by atoms with E-state index in [2.05, 4.69) is 10.3 Å². The molecule has 1 saturated heterocycles. The van der Waals surface area contributed by atoms with Crippen LogP contribution in [0.15, 0.2) is 48.7 Å². The summed E-state index contributed by atoms with van der Waals surface area (Å²) in [7, 11) is 0. The van der Waals surface area contributed by atoms with E-state index >= 15 is 0 Å². The van der Waals surface area contributed by atoms with Gasteiger partial charge in [0.25, 0.3) is 5.91 Å². The highest BCUT2D eigenvalue weighted by Gasteiger charge is 2.34. The second-order valence-electron chi connectivity index (χ2n) is 7.46. The first-order chi connectivity index (χ1) is 14.3. The number of nitrogens with zero attached hydrogens (tertiary/aromatic N) is 2. The molecule has 0 saturated carbocycles. The first-order valence-electron chi connectivity index (χ1n) is 10.00. The Balaban J connectivity index is 1.75. The average Bonchev–Trinajstić information content (AvgIpc) is 2.75. The summed E-state index contributed by atoms with van der Waals surface area (Å²) in [6.45, 7) is 0.283. The molecule has 2 amide bonds. The fourth-order valence-corrected chi connectivity index (χ4v) is 3.55. The van der Waals surface area contributed by atoms with Gasteiger partial charge in [0.2, 0.25) is 11.8 Å². The standard InChI is InChI=1S/C22H24F3N3O2/c23-16-6-9-18(10-7-16)28-14-4-2-12-22(24,25)15-17(8-11-20(28)29)27-21(30)19-5-1-3-13-26-19/h1,3,5-7,9-10,13,17H,2,4,8,11-12,14-15H2,(H,27,30)/t17-/m0/s1. The van der Waals surface area contributed by atoms with Gasteiger partial charge in [-0.3, -0.25) is 14.6 Å². The molecule has 1 aliphatic heterocycles. The van der Waals surface area contributed by atoms with Crippen LogP contribution >= 0.6 is 0 Å². The maximum atomic E-state index is 14.4. The van der Waals surface area contributed by atoms with Crippen LogP contribution in [0.2, 0.25) is 0 Å². The van der Waals surface area contributed by atoms with E-state index in [4.69, 9.17) is 0 Å². The Bertz CT molecular complexity index is 860. The molecule has 30 heavy (non-hydrogen) atoms. The lowest BCUT2D eigenvalue weighted by Gasteiger charge is -2.24. The van der Waals surface area contributed by atoms with Crippen LogP contribution in [0, 0.1) is 5.82 Å². The summed E-state index contributed by atoms with van der Waals surface area (Å²) in [5.74, 6) is -4.16. The third-order valence-electron chi connectivity index (χ3n) is 5.10. The van der Waals surface area contributed by atoms with Crippen LogP contribution in [-0.2, 0) is 4.79 Å². The second-order valence-corrected chi connectivity index (χ2v) is 7.46. The minimum atomic E-state index is -2.95. The van der Waals surface area contributed by atoms with E-state index in [1.165, 1.54) is 41.4 Å². The Morgan fingerprint density at radius 2 is 1.90 bits per heavy atom. The molecule has 0 unspecified atom stereocenters. The molecule has 2 heterocycles. The summed E-state index contributed by atoms with van der Waals surface area (Å²) >= 11 is 0. The highest BCUT2D eigenvalue weighted by atomic mass is 19.3. The molecule has 1 N–H and O–H groups in total. The van der Waals surface area contributed by atoms with Crippen molar-refractivity contribution in [1.29, 1.82) is 0 Å². The quantitative estimate of drug-likeness (QED) is 0.805. The Labute approximate surface area is 173 Å². The molecule has 0 aliphatic carbocycles. The molecule has 1 atom stereocenters. The molecule has 5 nitrogen and oxygen atoms in total. The minimum Gasteiger partial charge on any atom is -0.348 e. The molecular formula is C22H24F3N3O2. The molecular weight excluding hydrogens is 395 g/mol. The minimum absolute atomic E-state index is 0.0133. The van der Waals surface area contributed by atoms with Gasteiger partial charge in [-0.15, -0.1) is 0 Å². The number of halogens is 3. The van der Waals surface area contributed by atoms with Crippen LogP contribution in [0.25, 0.3) is 0 Å². The Hall–Kier alpha value is -2.90. The second kappa shape index (κ2) is 9.73. The van der Waals surface area contributed by atoms with Crippen molar-refractivity contribution in [2.24, 2.45) is 0 Å². The van der Waals surface area contributed by atoms with Gasteiger partial charge in [0, 0.05) is 43.7 Å². The van der Waals surface area contributed by atoms with Gasteiger partial charge in [0.05, 0.1) is 0 Å². The number of carbonyl (C=O) groups is 2. The van der Waals surface area contributed by atoms with E-state index in [0.29, 0.717) is 12.1 Å². The number of alkyl halides is 2. The molecule has 2 aromatic rings. The number of pyridine rings is 1. The van der Waals surface area contributed by atoms with E-state index in [1.54, 1.807) is 12.1 Å². The molecule has 0 bridgehead atoms. The van der Waals surface area contributed by atoms with Gasteiger partial charge in [0.15, 0.2) is 0 Å². The van der Waals surface area contributed by atoms with Gasteiger partial charge in [-0.1, -0.05) is 6.07 Å². The van der Waals surface area contributed by atoms with Gasteiger partial charge >= 0.3 is 0 Å². The van der Waals surface area contributed by atoms with Crippen LogP contribution < -0.4 is 10.2 Å². The molecule has 8 heteroatoms. The van der Waals surface area contributed by atoms with Gasteiger partial charge < -0.3 is 10.2 Å². The first-order valence-corrected chi connectivity index (χ1v) is 10.00. The predicted octanol–water partition coefficient (Wildman–Crippen LogP) is 4.34. The molecule has 3 rings (SSSR count). The number of amides is 2.